The number of aromatic nitrogens is 3. The Labute approximate surface area is 228 Å². The van der Waals surface area contributed by atoms with Crippen LogP contribution in [0.1, 0.15) is 51.0 Å². The maximum absolute atomic E-state index is 14.1. The van der Waals surface area contributed by atoms with E-state index in [2.05, 4.69) is 37.5 Å². The maximum atomic E-state index is 14.1. The first-order valence-corrected chi connectivity index (χ1v) is 13.5. The number of ether oxygens (including phenoxy) is 1. The number of H-pyrrole nitrogens is 1. The number of hydrogen-bond acceptors (Lipinski definition) is 6. The van der Waals surface area contributed by atoms with E-state index in [9.17, 15) is 9.18 Å². The van der Waals surface area contributed by atoms with Gasteiger partial charge in [0, 0.05) is 30.4 Å². The average molecular weight is 531 g/mol. The Hall–Kier alpha value is -3.98. The number of aromatic amines is 1. The topological polar surface area (TPSA) is 95.2 Å². The molecule has 4 aromatic rings. The molecule has 0 bridgehead atoms. The number of likely N-dealkylation sites (tertiary alicyclic amines) is 1. The predicted molar refractivity (Wildman–Crippen MR) is 152 cm³/mol. The zero-order chi connectivity index (χ0) is 27.4. The van der Waals surface area contributed by atoms with Crippen LogP contribution in [0.4, 0.5) is 21.8 Å². The van der Waals surface area contributed by atoms with Gasteiger partial charge in [-0.05, 0) is 93.2 Å². The second kappa shape index (κ2) is 11.8. The first-order chi connectivity index (χ1) is 18.8. The third-order valence-corrected chi connectivity index (χ3v) is 7.19. The molecule has 0 radical (unpaired) electrons. The summed E-state index contributed by atoms with van der Waals surface area (Å²) in [6, 6.07) is 14.0. The van der Waals surface area contributed by atoms with E-state index in [-0.39, 0.29) is 17.6 Å². The number of benzene rings is 2. The number of carbonyl (C=O) groups is 1. The van der Waals surface area contributed by atoms with E-state index in [1.165, 1.54) is 6.07 Å². The van der Waals surface area contributed by atoms with Gasteiger partial charge in [0.25, 0.3) is 0 Å². The molecule has 0 atom stereocenters. The summed E-state index contributed by atoms with van der Waals surface area (Å²) in [6.07, 6.45) is 5.30. The number of piperidine rings is 1. The molecule has 2 aromatic carbocycles. The summed E-state index contributed by atoms with van der Waals surface area (Å²) in [5.74, 6) is 2.65. The molecule has 39 heavy (non-hydrogen) atoms. The molecule has 5 rings (SSSR count). The fourth-order valence-corrected chi connectivity index (χ4v) is 4.88. The van der Waals surface area contributed by atoms with E-state index in [4.69, 9.17) is 4.74 Å². The number of nitrogens with one attached hydrogen (secondary N) is 3. The van der Waals surface area contributed by atoms with Crippen molar-refractivity contribution in [2.75, 3.05) is 30.8 Å². The monoisotopic (exact) mass is 530 g/mol. The molecule has 0 unspecified atom stereocenters. The second-order valence-corrected chi connectivity index (χ2v) is 10.6. The lowest BCUT2D eigenvalue weighted by molar-refractivity contribution is -0.116. The maximum Gasteiger partial charge on any atom is 0.225 e. The number of fused-ring (bicyclic) bond motifs is 1. The number of halogens is 1. The average Bonchev–Trinajstić information content (AvgIpc) is 3.31. The SMILES string of the molecule is CC(C)c1cc(Nc2nc3ccc(Oc4ccnc(NC(=O)CCC5CCN(C)CC5)c4)cc3[nH]2)ccc1F. The summed E-state index contributed by atoms with van der Waals surface area (Å²) in [7, 11) is 2.14. The van der Waals surface area contributed by atoms with Crippen LogP contribution in [0.2, 0.25) is 0 Å². The van der Waals surface area contributed by atoms with Crippen molar-refractivity contribution in [1.29, 1.82) is 0 Å². The van der Waals surface area contributed by atoms with Gasteiger partial charge in [0.2, 0.25) is 11.9 Å². The Bertz CT molecular complexity index is 1440. The highest BCUT2D eigenvalue weighted by Crippen LogP contribution is 2.29. The first kappa shape index (κ1) is 26.6. The Balaban J connectivity index is 1.20. The van der Waals surface area contributed by atoms with Crippen LogP contribution < -0.4 is 15.4 Å². The molecule has 1 saturated heterocycles. The second-order valence-electron chi connectivity index (χ2n) is 10.6. The minimum Gasteiger partial charge on any atom is -0.457 e. The molecular weight excluding hydrogens is 495 g/mol. The van der Waals surface area contributed by atoms with Gasteiger partial charge in [0.05, 0.1) is 11.0 Å². The van der Waals surface area contributed by atoms with Crippen LogP contribution in [0.25, 0.3) is 11.0 Å². The van der Waals surface area contributed by atoms with Crippen molar-refractivity contribution >= 4 is 34.4 Å². The van der Waals surface area contributed by atoms with Crippen LogP contribution in [0, 0.1) is 11.7 Å². The van der Waals surface area contributed by atoms with Gasteiger partial charge >= 0.3 is 0 Å². The van der Waals surface area contributed by atoms with Gasteiger partial charge < -0.3 is 25.3 Å². The van der Waals surface area contributed by atoms with Crippen LogP contribution in [0.3, 0.4) is 0 Å². The standard InChI is InChI=1S/C30H35FN6O2/c1-19(2)24-16-21(5-7-25(24)31)33-30-34-26-8-6-22(17-27(26)35-30)39-23-10-13-32-28(18-23)36-29(38)9-4-20-11-14-37(3)15-12-20/h5-8,10,13,16-20H,4,9,11-12,14-15H2,1-3H3,(H,32,36,38)(H2,33,34,35). The van der Waals surface area contributed by atoms with Crippen LogP contribution in [0.5, 0.6) is 11.5 Å². The van der Waals surface area contributed by atoms with Gasteiger partial charge in [-0.1, -0.05) is 13.8 Å². The molecule has 9 heteroatoms. The fraction of sp³-hybridized carbons (Fsp3) is 0.367. The quantitative estimate of drug-likeness (QED) is 0.220. The van der Waals surface area contributed by atoms with Crippen LogP contribution in [-0.2, 0) is 4.79 Å². The largest absolute Gasteiger partial charge is 0.457 e. The minimum absolute atomic E-state index is 0.0286. The number of carbonyl (C=O) groups excluding carboxylic acids is 1. The summed E-state index contributed by atoms with van der Waals surface area (Å²) in [4.78, 5) is 26.9. The third-order valence-electron chi connectivity index (χ3n) is 7.19. The number of pyridine rings is 1. The molecule has 1 amide bonds. The molecule has 1 fully saturated rings. The Morgan fingerprint density at radius 2 is 1.92 bits per heavy atom. The van der Waals surface area contributed by atoms with Gasteiger partial charge in [-0.2, -0.15) is 0 Å². The summed E-state index contributed by atoms with van der Waals surface area (Å²) >= 11 is 0. The highest BCUT2D eigenvalue weighted by Gasteiger charge is 2.18. The lowest BCUT2D eigenvalue weighted by atomic mass is 9.92. The molecule has 3 N–H and O–H groups in total. The fourth-order valence-electron chi connectivity index (χ4n) is 4.88. The molecule has 0 spiro atoms. The lowest BCUT2D eigenvalue weighted by Crippen LogP contribution is -2.30. The minimum atomic E-state index is -0.214. The Kier molecular flexibility index (Phi) is 8.07. The molecular formula is C30H35FN6O2. The molecule has 1 aliphatic heterocycles. The van der Waals surface area contributed by atoms with Crippen molar-refractivity contribution in [3.63, 3.8) is 0 Å². The summed E-state index contributed by atoms with van der Waals surface area (Å²) < 4.78 is 20.1. The number of imidazole rings is 1. The van der Waals surface area contributed by atoms with E-state index in [1.54, 1.807) is 30.5 Å². The predicted octanol–water partition coefficient (Wildman–Crippen LogP) is 6.82. The molecule has 8 nitrogen and oxygen atoms in total. The number of anilines is 3. The Morgan fingerprint density at radius 1 is 1.13 bits per heavy atom. The number of nitrogens with zero attached hydrogens (tertiary/aromatic N) is 3. The highest BCUT2D eigenvalue weighted by atomic mass is 19.1. The number of rotatable bonds is 9. The van der Waals surface area contributed by atoms with Crippen LogP contribution in [0.15, 0.2) is 54.7 Å². The van der Waals surface area contributed by atoms with Crippen molar-refractivity contribution in [3.05, 3.63) is 66.1 Å². The number of hydrogen-bond donors (Lipinski definition) is 3. The summed E-state index contributed by atoms with van der Waals surface area (Å²) in [6.45, 7) is 6.12. The number of amides is 1. The molecule has 0 aliphatic carbocycles. The summed E-state index contributed by atoms with van der Waals surface area (Å²) in [5.41, 5.74) is 2.96. The lowest BCUT2D eigenvalue weighted by Gasteiger charge is -2.28. The van der Waals surface area contributed by atoms with E-state index >= 15 is 0 Å². The normalized spacial score (nSPS) is 14.6. The van der Waals surface area contributed by atoms with Crippen molar-refractivity contribution in [2.45, 2.75) is 45.4 Å². The van der Waals surface area contributed by atoms with Crippen LogP contribution >= 0.6 is 0 Å². The molecule has 3 heterocycles. The van der Waals surface area contributed by atoms with E-state index < -0.39 is 0 Å². The van der Waals surface area contributed by atoms with Gasteiger partial charge in [-0.3, -0.25) is 4.79 Å². The summed E-state index contributed by atoms with van der Waals surface area (Å²) in [5, 5.41) is 6.12. The van der Waals surface area contributed by atoms with Gasteiger partial charge in [0.1, 0.15) is 23.1 Å². The highest BCUT2D eigenvalue weighted by molar-refractivity contribution is 5.89. The van der Waals surface area contributed by atoms with Crippen molar-refractivity contribution in [1.82, 2.24) is 19.9 Å². The van der Waals surface area contributed by atoms with Crippen molar-refractivity contribution in [2.24, 2.45) is 5.92 Å². The van der Waals surface area contributed by atoms with Gasteiger partial charge in [-0.15, -0.1) is 0 Å². The van der Waals surface area contributed by atoms with Gasteiger partial charge in [0.15, 0.2) is 0 Å². The first-order valence-electron chi connectivity index (χ1n) is 13.5. The third kappa shape index (κ3) is 6.92. The zero-order valence-electron chi connectivity index (χ0n) is 22.6. The van der Waals surface area contributed by atoms with Crippen LogP contribution in [-0.4, -0.2) is 45.9 Å². The Morgan fingerprint density at radius 3 is 2.72 bits per heavy atom. The van der Waals surface area contributed by atoms with E-state index in [0.29, 0.717) is 41.2 Å². The molecule has 0 saturated carbocycles. The van der Waals surface area contributed by atoms with E-state index in [1.807, 2.05) is 32.0 Å². The molecule has 1 aliphatic rings. The van der Waals surface area contributed by atoms with Gasteiger partial charge in [-0.25, -0.2) is 14.4 Å². The van der Waals surface area contributed by atoms with Crippen molar-refractivity contribution in [3.8, 4) is 11.5 Å². The molecule has 2 aromatic heterocycles. The van der Waals surface area contributed by atoms with Crippen molar-refractivity contribution < 1.29 is 13.9 Å². The van der Waals surface area contributed by atoms with E-state index in [0.717, 1.165) is 49.1 Å². The molecule has 204 valence electrons. The smallest absolute Gasteiger partial charge is 0.225 e. The zero-order valence-corrected chi connectivity index (χ0v) is 22.6.